The van der Waals surface area contributed by atoms with E-state index < -0.39 is 10.0 Å². The predicted octanol–water partition coefficient (Wildman–Crippen LogP) is 1.21. The first-order valence-electron chi connectivity index (χ1n) is 7.71. The number of halogens is 1. The highest BCUT2D eigenvalue weighted by atomic mass is 32.2. The molecular weight excluding hydrogens is 319 g/mol. The van der Waals surface area contributed by atoms with Gasteiger partial charge in [0, 0.05) is 25.2 Å². The van der Waals surface area contributed by atoms with Crippen LogP contribution in [0.25, 0.3) is 0 Å². The third-order valence-corrected chi connectivity index (χ3v) is 4.46. The van der Waals surface area contributed by atoms with Gasteiger partial charge in [-0.15, -0.1) is 0 Å². The zero-order valence-electron chi connectivity index (χ0n) is 13.6. The Morgan fingerprint density at radius 1 is 1.17 bits per heavy atom. The van der Waals surface area contributed by atoms with Crippen LogP contribution in [0, 0.1) is 5.82 Å². The van der Waals surface area contributed by atoms with Crippen molar-refractivity contribution >= 4 is 16.0 Å². The number of nitrogens with zero attached hydrogens (tertiary/aromatic N) is 1. The molecule has 0 spiro atoms. The Kier molecular flexibility index (Phi) is 8.57. The minimum Gasteiger partial charge on any atom is -0.357 e. The van der Waals surface area contributed by atoms with E-state index in [4.69, 9.17) is 0 Å². The minimum atomic E-state index is -3.15. The molecule has 23 heavy (non-hydrogen) atoms. The van der Waals surface area contributed by atoms with E-state index in [1.165, 1.54) is 6.07 Å². The lowest BCUT2D eigenvalue weighted by molar-refractivity contribution is 0.579. The van der Waals surface area contributed by atoms with Crippen molar-refractivity contribution < 1.29 is 12.8 Å². The number of hydrogen-bond acceptors (Lipinski definition) is 3. The van der Waals surface area contributed by atoms with E-state index in [0.717, 1.165) is 0 Å². The largest absolute Gasteiger partial charge is 0.357 e. The third-order valence-electron chi connectivity index (χ3n) is 3.06. The summed E-state index contributed by atoms with van der Waals surface area (Å²) in [5.74, 6) is 0.378. The van der Waals surface area contributed by atoms with Crippen LogP contribution >= 0.6 is 0 Å². The van der Waals surface area contributed by atoms with Crippen molar-refractivity contribution in [2.75, 3.05) is 25.4 Å². The van der Waals surface area contributed by atoms with Gasteiger partial charge in [-0.1, -0.05) is 18.2 Å². The lowest BCUT2D eigenvalue weighted by Crippen LogP contribution is -2.38. The Bertz CT molecular complexity index is 605. The molecule has 0 aromatic heterocycles. The normalized spacial score (nSPS) is 12.2. The molecule has 0 bridgehead atoms. The molecule has 8 heteroatoms. The Morgan fingerprint density at radius 3 is 2.57 bits per heavy atom. The summed E-state index contributed by atoms with van der Waals surface area (Å²) in [7, 11) is -3.15. The van der Waals surface area contributed by atoms with Crippen LogP contribution < -0.4 is 15.4 Å². The van der Waals surface area contributed by atoms with Gasteiger partial charge in [-0.25, -0.2) is 22.5 Å². The zero-order chi connectivity index (χ0) is 17.1. The highest BCUT2D eigenvalue weighted by molar-refractivity contribution is 7.89. The van der Waals surface area contributed by atoms with Gasteiger partial charge in [-0.3, -0.25) is 0 Å². The number of hydrogen-bond donors (Lipinski definition) is 3. The Labute approximate surface area is 137 Å². The van der Waals surface area contributed by atoms with Gasteiger partial charge >= 0.3 is 0 Å². The van der Waals surface area contributed by atoms with Gasteiger partial charge < -0.3 is 10.6 Å². The van der Waals surface area contributed by atoms with Gasteiger partial charge in [-0.05, 0) is 26.3 Å². The molecule has 0 fully saturated rings. The van der Waals surface area contributed by atoms with Crippen LogP contribution in [0.1, 0.15) is 25.8 Å². The molecule has 0 unspecified atom stereocenters. The van der Waals surface area contributed by atoms with E-state index in [-0.39, 0.29) is 18.1 Å². The van der Waals surface area contributed by atoms with Crippen LogP contribution in [-0.2, 0) is 16.6 Å². The van der Waals surface area contributed by atoms with Crippen molar-refractivity contribution in [2.24, 2.45) is 4.99 Å². The first kappa shape index (κ1) is 19.4. The second-order valence-corrected chi connectivity index (χ2v) is 6.96. The summed E-state index contributed by atoms with van der Waals surface area (Å²) in [4.78, 5) is 4.32. The molecule has 0 saturated heterocycles. The molecule has 6 nitrogen and oxygen atoms in total. The van der Waals surface area contributed by atoms with Gasteiger partial charge in [0.25, 0.3) is 0 Å². The lowest BCUT2D eigenvalue weighted by Gasteiger charge is -2.11. The summed E-state index contributed by atoms with van der Waals surface area (Å²) in [5.41, 5.74) is 0.528. The molecule has 0 aliphatic carbocycles. The summed E-state index contributed by atoms with van der Waals surface area (Å²) in [6.07, 6.45) is 0.628. The molecule has 0 aliphatic heterocycles. The van der Waals surface area contributed by atoms with Gasteiger partial charge in [0.05, 0.1) is 12.3 Å². The third kappa shape index (κ3) is 7.94. The number of benzene rings is 1. The van der Waals surface area contributed by atoms with Crippen LogP contribution in [0.5, 0.6) is 0 Å². The van der Waals surface area contributed by atoms with Gasteiger partial charge in [0.2, 0.25) is 10.0 Å². The zero-order valence-corrected chi connectivity index (χ0v) is 14.4. The fourth-order valence-corrected chi connectivity index (χ4v) is 2.42. The monoisotopic (exact) mass is 344 g/mol. The SMILES string of the molecule is CCNC(=NCc1ccccc1F)NCCCNS(=O)(=O)CC. The van der Waals surface area contributed by atoms with E-state index in [1.54, 1.807) is 25.1 Å². The van der Waals surface area contributed by atoms with Crippen molar-refractivity contribution in [3.05, 3.63) is 35.6 Å². The Morgan fingerprint density at radius 2 is 1.91 bits per heavy atom. The summed E-state index contributed by atoms with van der Waals surface area (Å²) in [6, 6.07) is 6.52. The van der Waals surface area contributed by atoms with Crippen molar-refractivity contribution in [2.45, 2.75) is 26.8 Å². The molecular formula is C15H25FN4O2S. The maximum absolute atomic E-state index is 13.5. The maximum Gasteiger partial charge on any atom is 0.211 e. The molecule has 0 heterocycles. The minimum absolute atomic E-state index is 0.0766. The van der Waals surface area contributed by atoms with Gasteiger partial charge in [0.15, 0.2) is 5.96 Å². The number of sulfonamides is 1. The maximum atomic E-state index is 13.5. The molecule has 3 N–H and O–H groups in total. The van der Waals surface area contributed by atoms with Crippen LogP contribution in [0.2, 0.25) is 0 Å². The van der Waals surface area contributed by atoms with Crippen LogP contribution in [0.3, 0.4) is 0 Å². The van der Waals surface area contributed by atoms with Gasteiger partial charge in [0.1, 0.15) is 5.82 Å². The first-order valence-corrected chi connectivity index (χ1v) is 9.36. The highest BCUT2D eigenvalue weighted by Gasteiger charge is 2.05. The standard InChI is InChI=1S/C15H25FN4O2S/c1-3-17-15(18-10-7-11-20-23(21,22)4-2)19-12-13-8-5-6-9-14(13)16/h5-6,8-9,20H,3-4,7,10-12H2,1-2H3,(H2,17,18,19). The van der Waals surface area contributed by atoms with E-state index in [9.17, 15) is 12.8 Å². The van der Waals surface area contributed by atoms with E-state index >= 15 is 0 Å². The lowest BCUT2D eigenvalue weighted by atomic mass is 10.2. The summed E-state index contributed by atoms with van der Waals surface area (Å²) >= 11 is 0. The molecule has 1 rings (SSSR count). The average molecular weight is 344 g/mol. The molecule has 0 saturated carbocycles. The molecule has 0 atom stereocenters. The Balaban J connectivity index is 2.43. The number of guanidine groups is 1. The number of nitrogens with one attached hydrogen (secondary N) is 3. The van der Waals surface area contributed by atoms with Crippen molar-refractivity contribution in [1.29, 1.82) is 0 Å². The summed E-state index contributed by atoms with van der Waals surface area (Å²) in [6.45, 7) is 5.40. The van der Waals surface area contributed by atoms with Crippen molar-refractivity contribution in [3.8, 4) is 0 Å². The second-order valence-electron chi connectivity index (χ2n) is 4.86. The summed E-state index contributed by atoms with van der Waals surface area (Å²) in [5, 5.41) is 6.16. The number of aliphatic imine (C=N–C) groups is 1. The van der Waals surface area contributed by atoms with E-state index in [0.29, 0.717) is 37.6 Å². The quantitative estimate of drug-likeness (QED) is 0.357. The van der Waals surface area contributed by atoms with E-state index in [1.807, 2.05) is 6.92 Å². The Hall–Kier alpha value is -1.67. The molecule has 0 radical (unpaired) electrons. The molecule has 1 aromatic rings. The molecule has 1 aromatic carbocycles. The van der Waals surface area contributed by atoms with E-state index in [2.05, 4.69) is 20.3 Å². The first-order chi connectivity index (χ1) is 11.0. The fraction of sp³-hybridized carbons (Fsp3) is 0.533. The predicted molar refractivity (Wildman–Crippen MR) is 91.3 cm³/mol. The van der Waals surface area contributed by atoms with Gasteiger partial charge in [-0.2, -0.15) is 0 Å². The fourth-order valence-electron chi connectivity index (χ4n) is 1.76. The smallest absolute Gasteiger partial charge is 0.211 e. The van der Waals surface area contributed by atoms with Crippen LogP contribution in [0.15, 0.2) is 29.3 Å². The topological polar surface area (TPSA) is 82.6 Å². The molecule has 0 amide bonds. The molecule has 0 aliphatic rings. The second kappa shape index (κ2) is 10.2. The molecule has 130 valence electrons. The van der Waals surface area contributed by atoms with Crippen molar-refractivity contribution in [1.82, 2.24) is 15.4 Å². The number of rotatable bonds is 9. The highest BCUT2D eigenvalue weighted by Crippen LogP contribution is 2.07. The average Bonchev–Trinajstić information content (AvgIpc) is 2.53. The van der Waals surface area contributed by atoms with Crippen molar-refractivity contribution in [3.63, 3.8) is 0 Å². The van der Waals surface area contributed by atoms with Crippen LogP contribution in [0.4, 0.5) is 4.39 Å². The van der Waals surface area contributed by atoms with Crippen LogP contribution in [-0.4, -0.2) is 39.8 Å². The summed E-state index contributed by atoms with van der Waals surface area (Å²) < 4.78 is 38.6.